The number of hydrogen-bond acceptors (Lipinski definition) is 2. The van der Waals surface area contributed by atoms with E-state index in [-0.39, 0.29) is 12.3 Å². The molecular formula is C7H16F3NOSi. The number of rotatable bonds is 3. The second kappa shape index (κ2) is 8.22. The first-order valence-electron chi connectivity index (χ1n) is 4.04. The molecule has 0 aromatic rings. The van der Waals surface area contributed by atoms with Crippen LogP contribution < -0.4 is 0 Å². The Kier molecular flexibility index (Phi) is 9.54. The van der Waals surface area contributed by atoms with Crippen molar-refractivity contribution in [3.05, 3.63) is 0 Å². The van der Waals surface area contributed by atoms with Crippen LogP contribution in [0, 0.1) is 5.92 Å². The normalized spacial score (nSPS) is 12.7. The molecule has 13 heavy (non-hydrogen) atoms. The zero-order chi connectivity index (χ0) is 10.9. The van der Waals surface area contributed by atoms with Crippen molar-refractivity contribution in [1.29, 1.82) is 0 Å². The van der Waals surface area contributed by atoms with Crippen LogP contribution in [0.5, 0.6) is 0 Å². The third kappa shape index (κ3) is 18.5. The quantitative estimate of drug-likeness (QED) is 0.569. The summed E-state index contributed by atoms with van der Waals surface area (Å²) >= 11 is 0. The van der Waals surface area contributed by atoms with E-state index in [1.807, 2.05) is 13.8 Å². The van der Waals surface area contributed by atoms with E-state index in [0.29, 0.717) is 0 Å². The van der Waals surface area contributed by atoms with E-state index in [2.05, 4.69) is 4.80 Å². The van der Waals surface area contributed by atoms with Crippen LogP contribution in [0.25, 0.3) is 0 Å². The van der Waals surface area contributed by atoms with Crippen LogP contribution in [0.2, 0.25) is 0 Å². The highest BCUT2D eigenvalue weighted by Crippen LogP contribution is 2.24. The average molecular weight is 215 g/mol. The van der Waals surface area contributed by atoms with Gasteiger partial charge in [0.25, 0.3) is 0 Å². The second-order valence-electron chi connectivity index (χ2n) is 2.81. The Hall–Kier alpha value is -0.393. The Labute approximate surface area is 79.3 Å². The molecule has 1 atom stereocenters. The van der Waals surface area contributed by atoms with Gasteiger partial charge in [-0.1, -0.05) is 20.3 Å². The van der Waals surface area contributed by atoms with E-state index in [1.165, 1.54) is 0 Å². The van der Waals surface area contributed by atoms with Crippen LogP contribution in [0.4, 0.5) is 13.2 Å². The van der Waals surface area contributed by atoms with Crippen LogP contribution in [-0.2, 0) is 0 Å². The lowest BCUT2D eigenvalue weighted by atomic mass is 10.0. The lowest BCUT2D eigenvalue weighted by Gasteiger charge is -2.09. The van der Waals surface area contributed by atoms with Gasteiger partial charge < -0.3 is 5.21 Å². The zero-order valence-corrected chi connectivity index (χ0v) is 9.35. The van der Waals surface area contributed by atoms with Gasteiger partial charge in [0.15, 0.2) is 0 Å². The molecule has 80 valence electrons. The van der Waals surface area contributed by atoms with Gasteiger partial charge in [-0.3, -0.25) is 0 Å². The summed E-state index contributed by atoms with van der Waals surface area (Å²) in [4.78, 5) is 2.53. The van der Waals surface area contributed by atoms with Crippen molar-refractivity contribution >= 4 is 10.0 Å². The standard InChI is InChI=1S/C7H13F3.H3NOSi/c1-3-6(2)4-5-7(8,9)10;2-1-3/h6H,3-5H2,1-2H3;2H,3H2. The molecule has 6 heteroatoms. The van der Waals surface area contributed by atoms with Crippen LogP contribution in [0.1, 0.15) is 33.1 Å². The minimum Gasteiger partial charge on any atom is -0.422 e. The molecule has 1 unspecified atom stereocenters. The predicted molar refractivity (Wildman–Crippen MR) is 47.5 cm³/mol. The molecule has 0 aliphatic rings. The van der Waals surface area contributed by atoms with Crippen LogP contribution >= 0.6 is 0 Å². The maximum atomic E-state index is 11.6. The molecule has 0 fully saturated rings. The van der Waals surface area contributed by atoms with E-state index < -0.39 is 12.6 Å². The van der Waals surface area contributed by atoms with Crippen molar-refractivity contribution in [2.45, 2.75) is 39.3 Å². The summed E-state index contributed by atoms with van der Waals surface area (Å²) in [6.45, 7) is 3.74. The molecule has 0 aromatic carbocycles. The minimum atomic E-state index is -3.97. The molecule has 0 aliphatic carbocycles. The molecule has 0 aliphatic heterocycles. The first kappa shape index (κ1) is 15.1. The van der Waals surface area contributed by atoms with Gasteiger partial charge in [0, 0.05) is 6.42 Å². The van der Waals surface area contributed by atoms with Crippen LogP contribution in [-0.4, -0.2) is 21.4 Å². The Morgan fingerprint density at radius 3 is 2.08 bits per heavy atom. The summed E-state index contributed by atoms with van der Waals surface area (Å²) in [7, 11) is 1.15. The fraction of sp³-hybridized carbons (Fsp3) is 1.00. The third-order valence-electron chi connectivity index (χ3n) is 1.62. The molecule has 0 saturated heterocycles. The first-order valence-corrected chi connectivity index (χ1v) is 4.67. The number of alkyl halides is 3. The SMILES string of the molecule is CCC(C)CCC(F)(F)F.ON=[SiH2]. The Morgan fingerprint density at radius 1 is 1.46 bits per heavy atom. The van der Waals surface area contributed by atoms with E-state index in [0.717, 1.165) is 16.5 Å². The lowest BCUT2D eigenvalue weighted by Crippen LogP contribution is -2.08. The number of halogens is 3. The molecule has 0 aromatic heterocycles. The Balaban J connectivity index is 0. The average Bonchev–Trinajstić information content (AvgIpc) is 2.00. The van der Waals surface area contributed by atoms with Gasteiger partial charge in [0.2, 0.25) is 0 Å². The first-order chi connectivity index (χ1) is 5.87. The van der Waals surface area contributed by atoms with Crippen molar-refractivity contribution < 1.29 is 18.4 Å². The topological polar surface area (TPSA) is 32.6 Å². The molecule has 2 nitrogen and oxygen atoms in total. The van der Waals surface area contributed by atoms with Crippen LogP contribution in [0.15, 0.2) is 4.80 Å². The highest BCUT2D eigenvalue weighted by Gasteiger charge is 2.26. The highest BCUT2D eigenvalue weighted by atomic mass is 28.1. The molecule has 0 amide bonds. The summed E-state index contributed by atoms with van der Waals surface area (Å²) in [6, 6.07) is 0. The summed E-state index contributed by atoms with van der Waals surface area (Å²) < 4.78 is 34.7. The number of hydrogen-bond donors (Lipinski definition) is 1. The third-order valence-corrected chi connectivity index (χ3v) is 1.62. The van der Waals surface area contributed by atoms with Crippen LogP contribution in [0.3, 0.4) is 0 Å². The molecule has 0 bridgehead atoms. The molecule has 0 rings (SSSR count). The lowest BCUT2D eigenvalue weighted by molar-refractivity contribution is -0.137. The summed E-state index contributed by atoms with van der Waals surface area (Å²) in [5.74, 6) is 0.196. The summed E-state index contributed by atoms with van der Waals surface area (Å²) in [5.41, 5.74) is 0. The second-order valence-corrected chi connectivity index (χ2v) is 3.09. The Bertz CT molecular complexity index is 129. The Morgan fingerprint density at radius 2 is 1.85 bits per heavy atom. The zero-order valence-electron chi connectivity index (χ0n) is 7.93. The molecule has 0 radical (unpaired) electrons. The van der Waals surface area contributed by atoms with Gasteiger partial charge in [-0.15, -0.1) is 0 Å². The predicted octanol–water partition coefficient (Wildman–Crippen LogP) is 2.57. The van der Waals surface area contributed by atoms with E-state index in [9.17, 15) is 13.2 Å². The largest absolute Gasteiger partial charge is 0.422 e. The van der Waals surface area contributed by atoms with E-state index >= 15 is 0 Å². The molecule has 0 spiro atoms. The summed E-state index contributed by atoms with van der Waals surface area (Å²) in [5, 5.41) is 7.21. The molecule has 1 N–H and O–H groups in total. The number of nitrogens with zero attached hydrogens (tertiary/aromatic N) is 1. The van der Waals surface area contributed by atoms with Gasteiger partial charge in [-0.25, -0.2) is 0 Å². The van der Waals surface area contributed by atoms with Gasteiger partial charge in [-0.2, -0.15) is 18.0 Å². The summed E-state index contributed by atoms with van der Waals surface area (Å²) in [6.07, 6.45) is -3.51. The monoisotopic (exact) mass is 215 g/mol. The van der Waals surface area contributed by atoms with Crippen molar-refractivity contribution in [1.82, 2.24) is 0 Å². The van der Waals surface area contributed by atoms with Gasteiger partial charge in [-0.05, 0) is 12.3 Å². The molecule has 0 saturated carbocycles. The molecular weight excluding hydrogens is 199 g/mol. The smallest absolute Gasteiger partial charge is 0.389 e. The van der Waals surface area contributed by atoms with Gasteiger partial charge >= 0.3 is 6.18 Å². The maximum absolute atomic E-state index is 11.6. The van der Waals surface area contributed by atoms with Crippen molar-refractivity contribution in [3.8, 4) is 0 Å². The van der Waals surface area contributed by atoms with Gasteiger partial charge in [0.1, 0.15) is 10.0 Å². The fourth-order valence-electron chi connectivity index (χ4n) is 0.614. The van der Waals surface area contributed by atoms with Crippen molar-refractivity contribution in [2.24, 2.45) is 10.7 Å². The van der Waals surface area contributed by atoms with Crippen molar-refractivity contribution in [2.75, 3.05) is 0 Å². The fourth-order valence-corrected chi connectivity index (χ4v) is 0.614. The maximum Gasteiger partial charge on any atom is 0.389 e. The van der Waals surface area contributed by atoms with Gasteiger partial charge in [0.05, 0.1) is 0 Å². The van der Waals surface area contributed by atoms with Crippen molar-refractivity contribution in [3.63, 3.8) is 0 Å². The van der Waals surface area contributed by atoms with E-state index in [4.69, 9.17) is 5.21 Å². The minimum absolute atomic E-state index is 0.196. The highest BCUT2D eigenvalue weighted by molar-refractivity contribution is 5.91. The van der Waals surface area contributed by atoms with E-state index in [1.54, 1.807) is 0 Å². The molecule has 0 heterocycles.